The minimum Gasteiger partial charge on any atom is -0.456 e. The van der Waals surface area contributed by atoms with E-state index < -0.39 is 0 Å². The van der Waals surface area contributed by atoms with E-state index in [9.17, 15) is 0 Å². The summed E-state index contributed by atoms with van der Waals surface area (Å²) in [6.07, 6.45) is 0. The van der Waals surface area contributed by atoms with Gasteiger partial charge in [0.25, 0.3) is 0 Å². The molecule has 2 heterocycles. The van der Waals surface area contributed by atoms with Gasteiger partial charge in [-0.2, -0.15) is 0 Å². The van der Waals surface area contributed by atoms with Crippen molar-refractivity contribution < 1.29 is 14.3 Å². The first kappa shape index (κ1) is 19.5. The standard InChI is InChI=1S/C40H24O2/c1-2-11-25(12-3-1)38-29-14-4-6-16-31(29)39(32-17-7-5-15-30(32)38)26-21-22-35-27(23-26)24-37(41-35)34-19-10-18-33-28-13-8-9-20-36(28)42-40(33)34/h1-24H/i4D,5D,6D,7D. The van der Waals surface area contributed by atoms with Crippen LogP contribution in [0.25, 0.3) is 88.0 Å². The largest absolute Gasteiger partial charge is 0.456 e. The second-order valence-corrected chi connectivity index (χ2v) is 10.6. The first-order chi connectivity index (χ1) is 22.4. The molecule has 0 N–H and O–H groups in total. The zero-order valence-corrected chi connectivity index (χ0v) is 22.4. The minimum atomic E-state index is 0.126. The second kappa shape index (κ2) is 8.95. The summed E-state index contributed by atoms with van der Waals surface area (Å²) in [6.45, 7) is 0. The average molecular weight is 541 g/mol. The van der Waals surface area contributed by atoms with Gasteiger partial charge in [-0.3, -0.25) is 0 Å². The van der Waals surface area contributed by atoms with Gasteiger partial charge in [0.2, 0.25) is 0 Å². The Bertz CT molecular complexity index is 2620. The van der Waals surface area contributed by atoms with Crippen LogP contribution in [0.4, 0.5) is 0 Å². The molecule has 42 heavy (non-hydrogen) atoms. The van der Waals surface area contributed by atoms with E-state index in [1.807, 2.05) is 78.9 Å². The van der Waals surface area contributed by atoms with Crippen LogP contribution in [0.5, 0.6) is 0 Å². The van der Waals surface area contributed by atoms with Gasteiger partial charge in [0.15, 0.2) is 0 Å². The highest BCUT2D eigenvalue weighted by molar-refractivity contribution is 6.21. The lowest BCUT2D eigenvalue weighted by atomic mass is 9.86. The molecule has 0 radical (unpaired) electrons. The van der Waals surface area contributed by atoms with Crippen molar-refractivity contribution >= 4 is 54.5 Å². The quantitative estimate of drug-likeness (QED) is 0.208. The molecule has 0 aliphatic heterocycles. The number of hydrogen-bond donors (Lipinski definition) is 0. The molecule has 7 aromatic carbocycles. The lowest BCUT2D eigenvalue weighted by Gasteiger charge is -2.17. The Hall–Kier alpha value is -5.60. The maximum atomic E-state index is 8.58. The fourth-order valence-electron chi connectivity index (χ4n) is 6.38. The third-order valence-electron chi connectivity index (χ3n) is 8.23. The average Bonchev–Trinajstić information content (AvgIpc) is 3.67. The minimum absolute atomic E-state index is 0.126. The fourth-order valence-corrected chi connectivity index (χ4v) is 6.38. The van der Waals surface area contributed by atoms with E-state index in [0.717, 1.165) is 82.3 Å². The Balaban J connectivity index is 1.32. The molecule has 0 spiro atoms. The van der Waals surface area contributed by atoms with Crippen LogP contribution in [0.15, 0.2) is 154 Å². The number of benzene rings is 7. The number of para-hydroxylation sites is 2. The van der Waals surface area contributed by atoms with Gasteiger partial charge in [-0.15, -0.1) is 0 Å². The van der Waals surface area contributed by atoms with Crippen LogP contribution in [-0.2, 0) is 0 Å². The van der Waals surface area contributed by atoms with Gasteiger partial charge in [-0.25, -0.2) is 0 Å². The number of fused-ring (bicyclic) bond motifs is 6. The zero-order valence-electron chi connectivity index (χ0n) is 26.4. The van der Waals surface area contributed by atoms with Crippen LogP contribution in [-0.4, -0.2) is 0 Å². The lowest BCUT2D eigenvalue weighted by Crippen LogP contribution is -1.90. The summed E-state index contributed by atoms with van der Waals surface area (Å²) in [5.74, 6) is 0.700. The first-order valence-corrected chi connectivity index (χ1v) is 13.9. The second-order valence-electron chi connectivity index (χ2n) is 10.6. The summed E-state index contributed by atoms with van der Waals surface area (Å²) in [7, 11) is 0. The third kappa shape index (κ3) is 3.39. The molecule has 9 rings (SSSR count). The maximum Gasteiger partial charge on any atom is 0.146 e. The Morgan fingerprint density at radius 3 is 1.81 bits per heavy atom. The van der Waals surface area contributed by atoms with Crippen LogP contribution in [0.1, 0.15) is 5.48 Å². The van der Waals surface area contributed by atoms with Gasteiger partial charge in [-0.05, 0) is 74.1 Å². The van der Waals surface area contributed by atoms with Crippen LogP contribution >= 0.6 is 0 Å². The molecule has 2 aromatic heterocycles. The van der Waals surface area contributed by atoms with Crippen molar-refractivity contribution in [3.63, 3.8) is 0 Å². The summed E-state index contributed by atoms with van der Waals surface area (Å²) in [5.41, 5.74) is 6.80. The molecule has 2 nitrogen and oxygen atoms in total. The number of rotatable bonds is 3. The summed E-state index contributed by atoms with van der Waals surface area (Å²) in [4.78, 5) is 0. The van der Waals surface area contributed by atoms with Gasteiger partial charge in [0, 0.05) is 16.2 Å². The van der Waals surface area contributed by atoms with Crippen LogP contribution in [0.3, 0.4) is 0 Å². The molecule has 0 fully saturated rings. The van der Waals surface area contributed by atoms with Gasteiger partial charge in [0.1, 0.15) is 22.5 Å². The zero-order chi connectivity index (χ0) is 31.1. The highest BCUT2D eigenvalue weighted by Gasteiger charge is 2.18. The molecule has 0 bridgehead atoms. The van der Waals surface area contributed by atoms with Gasteiger partial charge in [-0.1, -0.05) is 115 Å². The molecule has 196 valence electrons. The van der Waals surface area contributed by atoms with Gasteiger partial charge in [0.05, 0.1) is 11.0 Å². The van der Waals surface area contributed by atoms with Crippen molar-refractivity contribution in [2.75, 3.05) is 0 Å². The van der Waals surface area contributed by atoms with E-state index in [2.05, 4.69) is 18.2 Å². The Morgan fingerprint density at radius 1 is 0.429 bits per heavy atom. The summed E-state index contributed by atoms with van der Waals surface area (Å²) in [6, 6.07) is 39.6. The maximum absolute atomic E-state index is 8.58. The highest BCUT2D eigenvalue weighted by atomic mass is 16.3. The monoisotopic (exact) mass is 540 g/mol. The van der Waals surface area contributed by atoms with Gasteiger partial charge < -0.3 is 8.83 Å². The number of furan rings is 2. The molecular weight excluding hydrogens is 512 g/mol. The molecule has 0 saturated heterocycles. The van der Waals surface area contributed by atoms with Crippen molar-refractivity contribution in [2.45, 2.75) is 0 Å². The molecule has 2 heteroatoms. The van der Waals surface area contributed by atoms with Crippen molar-refractivity contribution in [1.82, 2.24) is 0 Å². The highest BCUT2D eigenvalue weighted by Crippen LogP contribution is 2.45. The van der Waals surface area contributed by atoms with Gasteiger partial charge >= 0.3 is 0 Å². The fraction of sp³-hybridized carbons (Fsp3) is 0. The molecule has 0 unspecified atom stereocenters. The molecule has 9 aromatic rings. The molecule has 0 aliphatic carbocycles. The number of hydrogen-bond acceptors (Lipinski definition) is 2. The lowest BCUT2D eigenvalue weighted by molar-refractivity contribution is 0.626. The molecular formula is C40H24O2. The van der Waals surface area contributed by atoms with Crippen LogP contribution in [0.2, 0.25) is 0 Å². The normalized spacial score (nSPS) is 13.1. The van der Waals surface area contributed by atoms with E-state index in [0.29, 0.717) is 5.76 Å². The molecule has 0 amide bonds. The van der Waals surface area contributed by atoms with Crippen LogP contribution in [0, 0.1) is 0 Å². The van der Waals surface area contributed by atoms with Crippen molar-refractivity contribution in [1.29, 1.82) is 0 Å². The smallest absolute Gasteiger partial charge is 0.146 e. The van der Waals surface area contributed by atoms with Crippen LogP contribution < -0.4 is 0 Å². The Morgan fingerprint density at radius 2 is 1.07 bits per heavy atom. The summed E-state index contributed by atoms with van der Waals surface area (Å²) < 4.78 is 46.9. The molecule has 0 saturated carbocycles. The van der Waals surface area contributed by atoms with E-state index in [1.165, 1.54) is 0 Å². The van der Waals surface area contributed by atoms with Crippen molar-refractivity contribution in [3.05, 3.63) is 145 Å². The van der Waals surface area contributed by atoms with Crippen molar-refractivity contribution in [2.24, 2.45) is 0 Å². The topological polar surface area (TPSA) is 26.3 Å². The van der Waals surface area contributed by atoms with E-state index in [1.54, 1.807) is 24.3 Å². The summed E-state index contributed by atoms with van der Waals surface area (Å²) >= 11 is 0. The SMILES string of the molecule is [2H]c1cc2c(-c3ccccc3)c3cc([2H])c([2H])cc3c(-c3ccc4oc(-c5cccc6c5oc5ccccc56)cc4c3)c2cc1[2H]. The third-order valence-corrected chi connectivity index (χ3v) is 8.23. The molecule has 0 atom stereocenters. The predicted molar refractivity (Wildman–Crippen MR) is 175 cm³/mol. The molecule has 0 aliphatic rings. The van der Waals surface area contributed by atoms with E-state index in [-0.39, 0.29) is 24.2 Å². The Labute approximate surface area is 247 Å². The first-order valence-electron chi connectivity index (χ1n) is 15.9. The van der Waals surface area contributed by atoms with E-state index >= 15 is 0 Å². The summed E-state index contributed by atoms with van der Waals surface area (Å²) in [5, 5.41) is 6.29. The predicted octanol–water partition coefficient (Wildman–Crippen LogP) is 11.6. The Kier molecular flexibility index (Phi) is 4.15. The van der Waals surface area contributed by atoms with Crippen molar-refractivity contribution in [3.8, 4) is 33.6 Å². The van der Waals surface area contributed by atoms with E-state index in [4.69, 9.17) is 14.3 Å².